The Hall–Kier alpha value is -1.76. The van der Waals surface area contributed by atoms with E-state index in [2.05, 4.69) is 30.8 Å². The van der Waals surface area contributed by atoms with E-state index in [9.17, 15) is 0 Å². The summed E-state index contributed by atoms with van der Waals surface area (Å²) < 4.78 is 1.46. The molecule has 0 radical (unpaired) electrons. The maximum Gasteiger partial charge on any atom is 0.200 e. The largest absolute Gasteiger partial charge is 0.353 e. The van der Waals surface area contributed by atoms with Gasteiger partial charge in [-0.05, 0) is 22.6 Å². The Morgan fingerprint density at radius 2 is 2.07 bits per heavy atom. The molecule has 0 bridgehead atoms. The molecule has 2 aromatic heterocycles. The molecule has 1 saturated heterocycles. The van der Waals surface area contributed by atoms with Gasteiger partial charge in [0.1, 0.15) is 0 Å². The van der Waals surface area contributed by atoms with E-state index in [1.54, 1.807) is 0 Å². The van der Waals surface area contributed by atoms with Crippen molar-refractivity contribution in [3.05, 3.63) is 12.1 Å². The van der Waals surface area contributed by atoms with E-state index < -0.39 is 0 Å². The van der Waals surface area contributed by atoms with Crippen LogP contribution in [0.2, 0.25) is 0 Å². The summed E-state index contributed by atoms with van der Waals surface area (Å²) in [4.78, 5) is 2.22. The van der Waals surface area contributed by atoms with Crippen molar-refractivity contribution < 1.29 is 0 Å². The first-order valence-corrected chi connectivity index (χ1v) is 4.94. The smallest absolute Gasteiger partial charge is 0.200 e. The van der Waals surface area contributed by atoms with E-state index in [0.717, 1.165) is 32.0 Å². The van der Waals surface area contributed by atoms with Gasteiger partial charge >= 0.3 is 0 Å². The summed E-state index contributed by atoms with van der Waals surface area (Å²) in [6, 6.07) is 3.83. The molecule has 0 unspecified atom stereocenters. The zero-order chi connectivity index (χ0) is 10.1. The fraction of sp³-hybridized carbons (Fsp3) is 0.500. The summed E-state index contributed by atoms with van der Waals surface area (Å²) in [6.07, 6.45) is 0. The molecule has 0 aromatic carbocycles. The molecule has 1 aliphatic heterocycles. The van der Waals surface area contributed by atoms with Crippen LogP contribution < -0.4 is 10.2 Å². The third-order valence-corrected chi connectivity index (χ3v) is 2.50. The molecule has 7 heteroatoms. The average Bonchev–Trinajstić information content (AvgIpc) is 2.77. The maximum atomic E-state index is 4.34. The molecule has 15 heavy (non-hydrogen) atoms. The molecule has 0 atom stereocenters. The van der Waals surface area contributed by atoms with Gasteiger partial charge in [0.15, 0.2) is 11.5 Å². The van der Waals surface area contributed by atoms with Crippen molar-refractivity contribution in [3.63, 3.8) is 0 Å². The second-order valence-electron chi connectivity index (χ2n) is 3.46. The van der Waals surface area contributed by atoms with E-state index in [1.807, 2.05) is 12.1 Å². The average molecular weight is 205 g/mol. The van der Waals surface area contributed by atoms with Crippen molar-refractivity contribution in [1.82, 2.24) is 30.6 Å². The number of aromatic nitrogens is 5. The highest BCUT2D eigenvalue weighted by atomic mass is 15.6. The third-order valence-electron chi connectivity index (χ3n) is 2.50. The molecule has 1 N–H and O–H groups in total. The lowest BCUT2D eigenvalue weighted by Gasteiger charge is -2.27. The van der Waals surface area contributed by atoms with Gasteiger partial charge in [0.25, 0.3) is 0 Å². The molecule has 7 nitrogen and oxygen atoms in total. The maximum absolute atomic E-state index is 4.34. The minimum absolute atomic E-state index is 0.675. The number of hydrogen-bond acceptors (Lipinski definition) is 6. The Labute approximate surface area is 86.1 Å². The highest BCUT2D eigenvalue weighted by Gasteiger charge is 2.12. The summed E-state index contributed by atoms with van der Waals surface area (Å²) in [5, 5.41) is 18.8. The Kier molecular flexibility index (Phi) is 1.95. The second-order valence-corrected chi connectivity index (χ2v) is 3.46. The van der Waals surface area contributed by atoms with Crippen molar-refractivity contribution >= 4 is 11.5 Å². The van der Waals surface area contributed by atoms with Crippen LogP contribution in [-0.2, 0) is 0 Å². The molecule has 78 valence electrons. The molecular formula is C8H11N7. The van der Waals surface area contributed by atoms with E-state index in [0.29, 0.717) is 5.65 Å². The van der Waals surface area contributed by atoms with Crippen LogP contribution >= 0.6 is 0 Å². The van der Waals surface area contributed by atoms with Crippen LogP contribution in [-0.4, -0.2) is 51.4 Å². The van der Waals surface area contributed by atoms with Gasteiger partial charge < -0.3 is 10.2 Å². The van der Waals surface area contributed by atoms with Crippen LogP contribution in [0.15, 0.2) is 12.1 Å². The molecule has 2 aromatic rings. The van der Waals surface area contributed by atoms with E-state index in [-0.39, 0.29) is 0 Å². The summed E-state index contributed by atoms with van der Waals surface area (Å²) in [5.41, 5.74) is 0.675. The highest BCUT2D eigenvalue weighted by molar-refractivity contribution is 5.44. The van der Waals surface area contributed by atoms with Crippen LogP contribution in [0.5, 0.6) is 0 Å². The lowest BCUT2D eigenvalue weighted by atomic mass is 10.3. The van der Waals surface area contributed by atoms with E-state index in [1.165, 1.54) is 4.63 Å². The van der Waals surface area contributed by atoms with Gasteiger partial charge in [-0.25, -0.2) is 0 Å². The van der Waals surface area contributed by atoms with Gasteiger partial charge in [0.2, 0.25) is 0 Å². The van der Waals surface area contributed by atoms with Crippen LogP contribution in [0.25, 0.3) is 5.65 Å². The Morgan fingerprint density at radius 1 is 1.20 bits per heavy atom. The SMILES string of the molecule is c1cc2nnnn2nc1N1CCNCC1. The van der Waals surface area contributed by atoms with Gasteiger partial charge in [-0.3, -0.25) is 0 Å². The molecule has 0 spiro atoms. The molecule has 3 rings (SSSR count). The fourth-order valence-electron chi connectivity index (χ4n) is 1.70. The van der Waals surface area contributed by atoms with E-state index in [4.69, 9.17) is 0 Å². The normalized spacial score (nSPS) is 17.2. The van der Waals surface area contributed by atoms with Crippen molar-refractivity contribution in [2.24, 2.45) is 0 Å². The zero-order valence-corrected chi connectivity index (χ0v) is 8.17. The van der Waals surface area contributed by atoms with Crippen molar-refractivity contribution in [2.45, 2.75) is 0 Å². The van der Waals surface area contributed by atoms with E-state index >= 15 is 0 Å². The Bertz CT molecular complexity index is 459. The van der Waals surface area contributed by atoms with Gasteiger partial charge in [0.05, 0.1) is 0 Å². The first-order chi connectivity index (χ1) is 7.43. The number of nitrogens with one attached hydrogen (secondary N) is 1. The minimum atomic E-state index is 0.675. The molecule has 1 fully saturated rings. The predicted octanol–water partition coefficient (Wildman–Crippen LogP) is -1.07. The summed E-state index contributed by atoms with van der Waals surface area (Å²) in [5.74, 6) is 0.927. The number of rotatable bonds is 1. The van der Waals surface area contributed by atoms with Crippen molar-refractivity contribution in [3.8, 4) is 0 Å². The van der Waals surface area contributed by atoms with Gasteiger partial charge in [0, 0.05) is 26.2 Å². The van der Waals surface area contributed by atoms with Crippen LogP contribution in [0, 0.1) is 0 Å². The monoisotopic (exact) mass is 205 g/mol. The quantitative estimate of drug-likeness (QED) is 0.639. The first-order valence-electron chi connectivity index (χ1n) is 4.94. The molecular weight excluding hydrogens is 194 g/mol. The standard InChI is InChI=1S/C8H11N7/c1-2-8(14-5-3-9-4-6-14)11-15-7(1)10-12-13-15/h1-2,9H,3-6H2. The van der Waals surface area contributed by atoms with Crippen LogP contribution in [0.1, 0.15) is 0 Å². The molecule has 0 saturated carbocycles. The lowest BCUT2D eigenvalue weighted by molar-refractivity contribution is 0.578. The number of hydrogen-bond donors (Lipinski definition) is 1. The number of tetrazole rings is 1. The summed E-state index contributed by atoms with van der Waals surface area (Å²) in [6.45, 7) is 3.94. The fourth-order valence-corrected chi connectivity index (χ4v) is 1.70. The van der Waals surface area contributed by atoms with Gasteiger partial charge in [-0.2, -0.15) is 0 Å². The van der Waals surface area contributed by atoms with Crippen LogP contribution in [0.4, 0.5) is 5.82 Å². The van der Waals surface area contributed by atoms with Crippen molar-refractivity contribution in [2.75, 3.05) is 31.1 Å². The number of nitrogens with zero attached hydrogens (tertiary/aromatic N) is 6. The Morgan fingerprint density at radius 3 is 2.93 bits per heavy atom. The van der Waals surface area contributed by atoms with Gasteiger partial charge in [-0.15, -0.1) is 14.8 Å². The highest BCUT2D eigenvalue weighted by Crippen LogP contribution is 2.10. The summed E-state index contributed by atoms with van der Waals surface area (Å²) >= 11 is 0. The molecule has 3 heterocycles. The van der Waals surface area contributed by atoms with Gasteiger partial charge in [-0.1, -0.05) is 0 Å². The minimum Gasteiger partial charge on any atom is -0.353 e. The lowest BCUT2D eigenvalue weighted by Crippen LogP contribution is -2.44. The molecule has 1 aliphatic rings. The number of piperazine rings is 1. The van der Waals surface area contributed by atoms with Crippen LogP contribution in [0.3, 0.4) is 0 Å². The Balaban J connectivity index is 1.95. The topological polar surface area (TPSA) is 71.2 Å². The predicted molar refractivity (Wildman–Crippen MR) is 53.7 cm³/mol. The molecule has 0 amide bonds. The first kappa shape index (κ1) is 8.54. The second kappa shape index (κ2) is 3.43. The third kappa shape index (κ3) is 1.50. The summed E-state index contributed by atoms with van der Waals surface area (Å²) in [7, 11) is 0. The van der Waals surface area contributed by atoms with Crippen molar-refractivity contribution in [1.29, 1.82) is 0 Å². The number of fused-ring (bicyclic) bond motifs is 1. The number of anilines is 1. The zero-order valence-electron chi connectivity index (χ0n) is 8.17. The molecule has 0 aliphatic carbocycles.